The van der Waals surface area contributed by atoms with Crippen LogP contribution < -0.4 is 16.0 Å². The Morgan fingerprint density at radius 3 is 2.79 bits per heavy atom. The Balaban J connectivity index is 1.18. The highest BCUT2D eigenvalue weighted by Gasteiger charge is 2.34. The quantitative estimate of drug-likeness (QED) is 0.637. The van der Waals surface area contributed by atoms with Crippen molar-refractivity contribution in [1.29, 1.82) is 0 Å². The summed E-state index contributed by atoms with van der Waals surface area (Å²) in [6, 6.07) is 12.8. The second kappa shape index (κ2) is 8.86. The van der Waals surface area contributed by atoms with Gasteiger partial charge >= 0.3 is 0 Å². The molecular weight excluding hydrogens is 354 g/mol. The van der Waals surface area contributed by atoms with Crippen molar-refractivity contribution in [3.05, 3.63) is 48.3 Å². The first-order valence-electron chi connectivity index (χ1n) is 10.0. The van der Waals surface area contributed by atoms with Gasteiger partial charge in [-0.3, -0.25) is 0 Å². The molecule has 28 heavy (non-hydrogen) atoms. The lowest BCUT2D eigenvalue weighted by Gasteiger charge is -2.37. The van der Waals surface area contributed by atoms with Gasteiger partial charge in [0.15, 0.2) is 0 Å². The molecule has 2 aliphatic rings. The molecule has 2 atom stereocenters. The summed E-state index contributed by atoms with van der Waals surface area (Å²) in [5.74, 6) is 1.88. The summed E-state index contributed by atoms with van der Waals surface area (Å²) < 4.78 is 5.85. The first kappa shape index (κ1) is 19.1. The maximum absolute atomic E-state index is 10.1. The van der Waals surface area contributed by atoms with E-state index in [1.165, 1.54) is 11.9 Å². The van der Waals surface area contributed by atoms with Gasteiger partial charge in [-0.2, -0.15) is 0 Å². The molecule has 7 heteroatoms. The molecule has 1 aliphatic heterocycles. The van der Waals surface area contributed by atoms with Gasteiger partial charge in [0.1, 0.15) is 18.0 Å². The summed E-state index contributed by atoms with van der Waals surface area (Å²) in [5.41, 5.74) is 7.01. The average molecular weight is 383 g/mol. The van der Waals surface area contributed by atoms with Crippen molar-refractivity contribution in [3.8, 4) is 0 Å². The zero-order valence-corrected chi connectivity index (χ0v) is 16.1. The fraction of sp³-hybridized carbons (Fsp3) is 0.524. The standard InChI is InChI=1S/C21H29N5O2/c22-20-9-21(25-14-24-20)26-11-19(27)8-18(26)10-23-17-6-16(7-17)13-28-12-15-4-2-1-3-5-15/h1-5,9,14,16-19,23,27H,6-8,10-13H2,(H2,22,24,25)/t16?,17?,18-,19-/m1/s1. The lowest BCUT2D eigenvalue weighted by Crippen LogP contribution is -2.48. The number of aromatic nitrogens is 2. The second-order valence-corrected chi connectivity index (χ2v) is 7.94. The Kier molecular flexibility index (Phi) is 6.04. The Morgan fingerprint density at radius 2 is 2.00 bits per heavy atom. The number of hydrogen-bond acceptors (Lipinski definition) is 7. The molecule has 0 bridgehead atoms. The van der Waals surface area contributed by atoms with Gasteiger partial charge in [-0.05, 0) is 30.7 Å². The van der Waals surface area contributed by atoms with Crippen molar-refractivity contribution in [2.24, 2.45) is 5.92 Å². The normalized spacial score (nSPS) is 27.0. The minimum absolute atomic E-state index is 0.220. The van der Waals surface area contributed by atoms with E-state index in [1.54, 1.807) is 6.07 Å². The minimum Gasteiger partial charge on any atom is -0.391 e. The molecule has 7 nitrogen and oxygen atoms in total. The summed E-state index contributed by atoms with van der Waals surface area (Å²) >= 11 is 0. The van der Waals surface area contributed by atoms with E-state index in [2.05, 4.69) is 32.3 Å². The van der Waals surface area contributed by atoms with Crippen LogP contribution in [0.3, 0.4) is 0 Å². The molecule has 1 aliphatic carbocycles. The first-order valence-corrected chi connectivity index (χ1v) is 10.0. The summed E-state index contributed by atoms with van der Waals surface area (Å²) in [4.78, 5) is 10.4. The zero-order chi connectivity index (χ0) is 19.3. The molecule has 150 valence electrons. The van der Waals surface area contributed by atoms with Crippen molar-refractivity contribution in [1.82, 2.24) is 15.3 Å². The molecule has 2 fully saturated rings. The maximum atomic E-state index is 10.1. The van der Waals surface area contributed by atoms with Crippen LogP contribution in [0.15, 0.2) is 42.7 Å². The third-order valence-electron chi connectivity index (χ3n) is 5.70. The number of β-amino-alcohol motifs (C(OH)–C–C–N with tert-alkyl or cyclic N) is 1. The fourth-order valence-electron chi connectivity index (χ4n) is 4.14. The van der Waals surface area contributed by atoms with Crippen LogP contribution in [0.5, 0.6) is 0 Å². The van der Waals surface area contributed by atoms with Crippen LogP contribution in [0.2, 0.25) is 0 Å². The van der Waals surface area contributed by atoms with Gasteiger partial charge in [0.05, 0.1) is 12.7 Å². The molecule has 2 aromatic rings. The maximum Gasteiger partial charge on any atom is 0.134 e. The SMILES string of the molecule is Nc1cc(N2C[C@H](O)C[C@@H]2CNC2CC(COCc3ccccc3)C2)ncn1. The number of anilines is 2. The number of nitrogens with two attached hydrogens (primary N) is 1. The van der Waals surface area contributed by atoms with Crippen molar-refractivity contribution in [3.63, 3.8) is 0 Å². The van der Waals surface area contributed by atoms with Crippen LogP contribution in [0.4, 0.5) is 11.6 Å². The number of ether oxygens (including phenoxy) is 1. The highest BCUT2D eigenvalue weighted by Crippen LogP contribution is 2.29. The van der Waals surface area contributed by atoms with E-state index in [-0.39, 0.29) is 12.1 Å². The van der Waals surface area contributed by atoms with E-state index in [0.29, 0.717) is 30.9 Å². The fourth-order valence-corrected chi connectivity index (χ4v) is 4.14. The van der Waals surface area contributed by atoms with Gasteiger partial charge in [-0.25, -0.2) is 9.97 Å². The summed E-state index contributed by atoms with van der Waals surface area (Å²) in [5, 5.41) is 13.8. The first-order chi connectivity index (χ1) is 13.7. The number of benzene rings is 1. The second-order valence-electron chi connectivity index (χ2n) is 7.94. The van der Waals surface area contributed by atoms with Gasteiger partial charge in [-0.1, -0.05) is 30.3 Å². The number of aliphatic hydroxyl groups is 1. The molecule has 1 aromatic heterocycles. The predicted molar refractivity (Wildman–Crippen MR) is 109 cm³/mol. The highest BCUT2D eigenvalue weighted by molar-refractivity contribution is 5.48. The molecule has 0 radical (unpaired) electrons. The number of nitrogen functional groups attached to an aromatic ring is 1. The molecule has 4 rings (SSSR count). The number of aliphatic hydroxyl groups excluding tert-OH is 1. The average Bonchev–Trinajstić information content (AvgIpc) is 3.04. The molecule has 1 saturated heterocycles. The summed E-state index contributed by atoms with van der Waals surface area (Å²) in [6.07, 6.45) is 4.18. The number of nitrogens with zero attached hydrogens (tertiary/aromatic N) is 3. The Bertz CT molecular complexity index is 753. The minimum atomic E-state index is -0.330. The van der Waals surface area contributed by atoms with Crippen LogP contribution in [0.1, 0.15) is 24.8 Å². The molecule has 2 heterocycles. The lowest BCUT2D eigenvalue weighted by atomic mass is 9.81. The Hall–Kier alpha value is -2.22. The monoisotopic (exact) mass is 383 g/mol. The van der Waals surface area contributed by atoms with Crippen LogP contribution in [-0.2, 0) is 11.3 Å². The van der Waals surface area contributed by atoms with Crippen LogP contribution in [-0.4, -0.2) is 53.0 Å². The van der Waals surface area contributed by atoms with Gasteiger partial charge in [0, 0.05) is 37.8 Å². The van der Waals surface area contributed by atoms with Gasteiger partial charge in [0.2, 0.25) is 0 Å². The third-order valence-corrected chi connectivity index (χ3v) is 5.70. The third kappa shape index (κ3) is 4.79. The van der Waals surface area contributed by atoms with Crippen LogP contribution >= 0.6 is 0 Å². The van der Waals surface area contributed by atoms with Crippen LogP contribution in [0, 0.1) is 5.92 Å². The number of hydrogen-bond donors (Lipinski definition) is 3. The van der Waals surface area contributed by atoms with E-state index in [4.69, 9.17) is 10.5 Å². The Labute approximate surface area is 165 Å². The van der Waals surface area contributed by atoms with E-state index < -0.39 is 0 Å². The molecule has 1 aromatic carbocycles. The topological polar surface area (TPSA) is 96.5 Å². The van der Waals surface area contributed by atoms with Gasteiger partial charge < -0.3 is 25.8 Å². The molecule has 0 amide bonds. The number of nitrogens with one attached hydrogen (secondary N) is 1. The number of rotatable bonds is 8. The predicted octanol–water partition coefficient (Wildman–Crippen LogP) is 1.58. The Morgan fingerprint density at radius 1 is 1.18 bits per heavy atom. The van der Waals surface area contributed by atoms with Gasteiger partial charge in [-0.15, -0.1) is 0 Å². The van der Waals surface area contributed by atoms with Crippen molar-refractivity contribution in [2.45, 2.75) is 44.1 Å². The van der Waals surface area contributed by atoms with Crippen molar-refractivity contribution in [2.75, 3.05) is 30.3 Å². The van der Waals surface area contributed by atoms with E-state index in [1.807, 2.05) is 18.2 Å². The molecule has 4 N–H and O–H groups in total. The summed E-state index contributed by atoms with van der Waals surface area (Å²) in [6.45, 7) is 2.93. The molecule has 0 spiro atoms. The molecule has 0 unspecified atom stereocenters. The zero-order valence-electron chi connectivity index (χ0n) is 16.1. The largest absolute Gasteiger partial charge is 0.391 e. The van der Waals surface area contributed by atoms with E-state index in [0.717, 1.165) is 38.2 Å². The smallest absolute Gasteiger partial charge is 0.134 e. The summed E-state index contributed by atoms with van der Waals surface area (Å²) in [7, 11) is 0. The van der Waals surface area contributed by atoms with Gasteiger partial charge in [0.25, 0.3) is 0 Å². The highest BCUT2D eigenvalue weighted by atomic mass is 16.5. The lowest BCUT2D eigenvalue weighted by molar-refractivity contribution is 0.0450. The van der Waals surface area contributed by atoms with Crippen molar-refractivity contribution >= 4 is 11.6 Å². The molecule has 1 saturated carbocycles. The van der Waals surface area contributed by atoms with E-state index in [9.17, 15) is 5.11 Å². The molecular formula is C21H29N5O2. The van der Waals surface area contributed by atoms with Crippen molar-refractivity contribution < 1.29 is 9.84 Å². The van der Waals surface area contributed by atoms with E-state index >= 15 is 0 Å². The van der Waals surface area contributed by atoms with Crippen LogP contribution in [0.25, 0.3) is 0 Å².